The van der Waals surface area contributed by atoms with Crippen molar-refractivity contribution in [1.82, 2.24) is 10.6 Å². The van der Waals surface area contributed by atoms with Gasteiger partial charge in [0.1, 0.15) is 11.4 Å². The van der Waals surface area contributed by atoms with Gasteiger partial charge in [0.15, 0.2) is 14.9 Å². The second kappa shape index (κ2) is 10.2. The fourth-order valence-electron chi connectivity index (χ4n) is 3.38. The first-order chi connectivity index (χ1) is 15.0. The number of halogens is 1. The van der Waals surface area contributed by atoms with Crippen LogP contribution >= 0.6 is 11.6 Å². The van der Waals surface area contributed by atoms with Crippen LogP contribution in [0, 0.1) is 5.92 Å². The Morgan fingerprint density at radius 3 is 2.33 bits per heavy atom. The minimum atomic E-state index is -1.98. The minimum Gasteiger partial charge on any atom is -0.484 e. The van der Waals surface area contributed by atoms with E-state index < -0.39 is 20.0 Å². The second-order valence-electron chi connectivity index (χ2n) is 11.1. The Balaban J connectivity index is 2.32. The van der Waals surface area contributed by atoms with Gasteiger partial charge in [0.05, 0.1) is 6.04 Å². The summed E-state index contributed by atoms with van der Waals surface area (Å²) in [6.45, 7) is 16.9. The van der Waals surface area contributed by atoms with Crippen LogP contribution in [0.2, 0.25) is 23.2 Å². The highest BCUT2D eigenvalue weighted by atomic mass is 35.5. The molecule has 7 nitrogen and oxygen atoms in total. The summed E-state index contributed by atoms with van der Waals surface area (Å²) in [6, 6.07) is 3.21. The molecule has 0 fully saturated rings. The molecule has 2 amide bonds. The molecule has 1 aliphatic rings. The Morgan fingerprint density at radius 2 is 1.79 bits per heavy atom. The van der Waals surface area contributed by atoms with E-state index in [1.165, 1.54) is 0 Å². The van der Waals surface area contributed by atoms with Crippen LogP contribution in [0.5, 0.6) is 5.75 Å². The Labute approximate surface area is 204 Å². The summed E-state index contributed by atoms with van der Waals surface area (Å²) >= 11 is 6.60. The number of amides is 2. The Hall–Kier alpha value is -1.77. The normalized spacial score (nSPS) is 18.5. The zero-order chi connectivity index (χ0) is 25.2. The van der Waals surface area contributed by atoms with Crippen LogP contribution < -0.4 is 15.4 Å². The Bertz CT molecular complexity index is 877. The van der Waals surface area contributed by atoms with Gasteiger partial charge in [0.25, 0.3) is 5.91 Å². The maximum Gasteiger partial charge on any atom is 0.408 e. The average Bonchev–Trinajstić information content (AvgIpc) is 3.00. The average molecular weight is 499 g/mol. The third-order valence-corrected chi connectivity index (χ3v) is 11.1. The van der Waals surface area contributed by atoms with E-state index in [0.717, 1.165) is 11.1 Å². The summed E-state index contributed by atoms with van der Waals surface area (Å²) in [5.74, 6) is 0.230. The first-order valence-electron chi connectivity index (χ1n) is 11.3. The third-order valence-electron chi connectivity index (χ3n) is 6.26. The molecule has 0 bridgehead atoms. The molecule has 9 heteroatoms. The summed E-state index contributed by atoms with van der Waals surface area (Å²) in [7, 11) is -0.433. The lowest BCUT2D eigenvalue weighted by atomic mass is 10.0. The topological polar surface area (TPSA) is 85.9 Å². The van der Waals surface area contributed by atoms with Gasteiger partial charge in [-0.3, -0.25) is 4.79 Å². The molecule has 2 N–H and O–H groups in total. The summed E-state index contributed by atoms with van der Waals surface area (Å²) < 4.78 is 17.7. The number of benzene rings is 1. The van der Waals surface area contributed by atoms with Gasteiger partial charge in [-0.15, -0.1) is 0 Å². The molecule has 2 atom stereocenters. The van der Waals surface area contributed by atoms with Gasteiger partial charge in [-0.2, -0.15) is 0 Å². The van der Waals surface area contributed by atoms with Gasteiger partial charge >= 0.3 is 6.09 Å². The summed E-state index contributed by atoms with van der Waals surface area (Å²) in [4.78, 5) is 24.3. The highest BCUT2D eigenvalue weighted by Crippen LogP contribution is 2.44. The molecule has 0 saturated heterocycles. The quantitative estimate of drug-likeness (QED) is 0.503. The van der Waals surface area contributed by atoms with Gasteiger partial charge in [0, 0.05) is 24.6 Å². The number of carbonyl (C=O) groups is 2. The van der Waals surface area contributed by atoms with E-state index in [1.807, 2.05) is 26.8 Å². The number of alkyl carbamates (subject to hydrolysis) is 1. The predicted molar refractivity (Wildman–Crippen MR) is 133 cm³/mol. The Morgan fingerprint density at radius 1 is 1.15 bits per heavy atom. The number of carbonyl (C=O) groups excluding carboxylic acids is 2. The van der Waals surface area contributed by atoms with Crippen molar-refractivity contribution in [3.8, 4) is 5.75 Å². The zero-order valence-electron chi connectivity index (χ0n) is 21.3. The second-order valence-corrected chi connectivity index (χ2v) is 16.3. The summed E-state index contributed by atoms with van der Waals surface area (Å²) in [5, 5.41) is 6.17. The van der Waals surface area contributed by atoms with Crippen molar-refractivity contribution >= 4 is 31.9 Å². The van der Waals surface area contributed by atoms with E-state index in [-0.39, 0.29) is 29.5 Å². The highest BCUT2D eigenvalue weighted by Gasteiger charge is 2.41. The molecule has 0 unspecified atom stereocenters. The van der Waals surface area contributed by atoms with Gasteiger partial charge in [0.2, 0.25) is 0 Å². The largest absolute Gasteiger partial charge is 0.484 e. The molecule has 0 aliphatic heterocycles. The van der Waals surface area contributed by atoms with Crippen molar-refractivity contribution in [2.24, 2.45) is 5.92 Å². The van der Waals surface area contributed by atoms with Crippen LogP contribution in [0.15, 0.2) is 12.1 Å². The lowest BCUT2D eigenvalue weighted by Gasteiger charge is -2.37. The van der Waals surface area contributed by atoms with Crippen molar-refractivity contribution in [2.75, 3.05) is 20.3 Å². The molecule has 0 saturated carbocycles. The van der Waals surface area contributed by atoms with Crippen molar-refractivity contribution in [2.45, 2.75) is 77.7 Å². The number of likely N-dealkylation sites (N-methyl/N-ethyl adjacent to an activating group) is 1. The van der Waals surface area contributed by atoms with Crippen LogP contribution in [0.1, 0.15) is 58.7 Å². The zero-order valence-corrected chi connectivity index (χ0v) is 23.1. The monoisotopic (exact) mass is 498 g/mol. The summed E-state index contributed by atoms with van der Waals surface area (Å²) in [5.41, 5.74) is 1.20. The van der Waals surface area contributed by atoms with Crippen LogP contribution in [-0.2, 0) is 20.4 Å². The summed E-state index contributed by atoms with van der Waals surface area (Å²) in [6.07, 6.45) is 0.171. The third kappa shape index (κ3) is 7.35. The molecule has 0 radical (unpaired) electrons. The molecule has 0 spiro atoms. The van der Waals surface area contributed by atoms with E-state index in [1.54, 1.807) is 13.1 Å². The van der Waals surface area contributed by atoms with Crippen LogP contribution in [0.4, 0.5) is 4.79 Å². The number of nitrogens with one attached hydrogen (secondary N) is 2. The van der Waals surface area contributed by atoms with Crippen molar-refractivity contribution < 1.29 is 23.5 Å². The molecule has 1 aliphatic carbocycles. The van der Waals surface area contributed by atoms with Crippen LogP contribution in [-0.4, -0.2) is 46.2 Å². The number of ether oxygens (including phenoxy) is 2. The SMILES string of the molecule is CNC(=O)COc1cc(Cl)c2c(c1)[C@@H](NC(=O)OC(C)(C)C)[C@H](CO[Si](C)(C)C(C)(C)C)C2. The fourth-order valence-corrected chi connectivity index (χ4v) is 4.74. The minimum absolute atomic E-state index is 0.00617. The lowest BCUT2D eigenvalue weighted by Crippen LogP contribution is -2.43. The molecule has 1 aromatic rings. The van der Waals surface area contributed by atoms with E-state index in [0.29, 0.717) is 23.8 Å². The molecule has 2 rings (SSSR count). The maximum absolute atomic E-state index is 12.7. The van der Waals surface area contributed by atoms with Gasteiger partial charge in [-0.1, -0.05) is 32.4 Å². The van der Waals surface area contributed by atoms with Crippen LogP contribution in [0.3, 0.4) is 0 Å². The van der Waals surface area contributed by atoms with E-state index in [4.69, 9.17) is 25.5 Å². The van der Waals surface area contributed by atoms with Crippen molar-refractivity contribution in [1.29, 1.82) is 0 Å². The molecular formula is C24H39ClN2O5Si. The van der Waals surface area contributed by atoms with Gasteiger partial charge < -0.3 is 24.5 Å². The van der Waals surface area contributed by atoms with Gasteiger partial charge in [-0.05, 0) is 68.6 Å². The number of hydrogen-bond donors (Lipinski definition) is 2. The molecular weight excluding hydrogens is 460 g/mol. The molecule has 33 heavy (non-hydrogen) atoms. The van der Waals surface area contributed by atoms with Crippen molar-refractivity contribution in [3.63, 3.8) is 0 Å². The van der Waals surface area contributed by atoms with Crippen molar-refractivity contribution in [3.05, 3.63) is 28.3 Å². The Kier molecular flexibility index (Phi) is 8.52. The highest BCUT2D eigenvalue weighted by molar-refractivity contribution is 6.74. The standard InChI is InChI=1S/C24H39ClN2O5Si/c1-23(2,3)32-22(29)27-21-15(13-31-33(8,9)24(4,5)6)10-17-18(21)11-16(12-19(17)25)30-14-20(28)26-7/h11-12,15,21H,10,13-14H2,1-9H3,(H,26,28)(H,27,29)/t15-,21-/m0/s1. The first-order valence-corrected chi connectivity index (χ1v) is 14.6. The molecule has 0 aromatic heterocycles. The molecule has 0 heterocycles. The van der Waals surface area contributed by atoms with E-state index >= 15 is 0 Å². The smallest absolute Gasteiger partial charge is 0.408 e. The molecule has 186 valence electrons. The van der Waals surface area contributed by atoms with E-state index in [2.05, 4.69) is 44.5 Å². The predicted octanol–water partition coefficient (Wildman–Crippen LogP) is 5.22. The van der Waals surface area contributed by atoms with E-state index in [9.17, 15) is 9.59 Å². The maximum atomic E-state index is 12.7. The number of rotatable bonds is 7. The first kappa shape index (κ1) is 27.5. The lowest BCUT2D eigenvalue weighted by molar-refractivity contribution is -0.122. The fraction of sp³-hybridized carbons (Fsp3) is 0.667. The molecule has 1 aromatic carbocycles. The van der Waals surface area contributed by atoms with Crippen LogP contribution in [0.25, 0.3) is 0 Å². The number of hydrogen-bond acceptors (Lipinski definition) is 5. The van der Waals surface area contributed by atoms with Gasteiger partial charge in [-0.25, -0.2) is 4.79 Å². The number of fused-ring (bicyclic) bond motifs is 1.